The summed E-state index contributed by atoms with van der Waals surface area (Å²) in [5, 5.41) is 19.0. The molecule has 1 aromatic rings. The zero-order chi connectivity index (χ0) is 18.6. The van der Waals surface area contributed by atoms with Crippen LogP contribution in [0.3, 0.4) is 0 Å². The van der Waals surface area contributed by atoms with Gasteiger partial charge in [0.15, 0.2) is 24.1 Å². The smallest absolute Gasteiger partial charge is 0.183 e. The molecule has 0 saturated carbocycles. The molecule has 0 aromatic heterocycles. The van der Waals surface area contributed by atoms with Crippen LogP contribution in [0.1, 0.15) is 32.3 Å². The fourth-order valence-corrected chi connectivity index (χ4v) is 3.28. The van der Waals surface area contributed by atoms with E-state index in [4.69, 9.17) is 14.2 Å². The molecule has 0 bridgehead atoms. The highest BCUT2D eigenvalue weighted by molar-refractivity contribution is 5.88. The predicted molar refractivity (Wildman–Crippen MR) is 92.3 cm³/mol. The molecule has 1 aliphatic heterocycles. The third-order valence-corrected chi connectivity index (χ3v) is 4.83. The minimum Gasteiger partial charge on any atom is -0.504 e. The molecule has 6 heteroatoms. The number of ether oxygens (including phenoxy) is 3. The molecule has 6 nitrogen and oxygen atoms in total. The molecule has 0 aliphatic carbocycles. The lowest BCUT2D eigenvalue weighted by molar-refractivity contribution is -0.247. The quantitative estimate of drug-likeness (QED) is 0.606. The largest absolute Gasteiger partial charge is 0.504 e. The lowest BCUT2D eigenvalue weighted by Gasteiger charge is -2.42. The summed E-state index contributed by atoms with van der Waals surface area (Å²) in [6.07, 6.45) is 1.92. The van der Waals surface area contributed by atoms with Crippen molar-refractivity contribution in [3.8, 4) is 11.5 Å². The van der Waals surface area contributed by atoms with Crippen LogP contribution in [0, 0.1) is 5.41 Å². The summed E-state index contributed by atoms with van der Waals surface area (Å²) >= 11 is 0. The summed E-state index contributed by atoms with van der Waals surface area (Å²) in [4.78, 5) is 13.0. The summed E-state index contributed by atoms with van der Waals surface area (Å²) in [5.41, 5.74) is 0.836. The van der Waals surface area contributed by atoms with E-state index >= 15 is 0 Å². The number of Topliss-reactive ketones (excluding diaryl/α,β-unsaturated/α-hetero) is 1. The summed E-state index contributed by atoms with van der Waals surface area (Å²) in [5.74, 6) is -0.302. The fourth-order valence-electron chi connectivity index (χ4n) is 3.28. The van der Waals surface area contributed by atoms with Gasteiger partial charge in [0.2, 0.25) is 0 Å². The average Bonchev–Trinajstić information content (AvgIpc) is 2.61. The van der Waals surface area contributed by atoms with Gasteiger partial charge in [-0.3, -0.25) is 4.79 Å². The highest BCUT2D eigenvalue weighted by Gasteiger charge is 2.46. The van der Waals surface area contributed by atoms with Gasteiger partial charge in [0.05, 0.1) is 5.41 Å². The van der Waals surface area contributed by atoms with Gasteiger partial charge >= 0.3 is 0 Å². The zero-order valence-electron chi connectivity index (χ0n) is 15.1. The summed E-state index contributed by atoms with van der Waals surface area (Å²) in [7, 11) is 3.08. The summed E-state index contributed by atoms with van der Waals surface area (Å²) in [6, 6.07) is 4.59. The molecule has 2 N–H and O–H groups in total. The average molecular weight is 350 g/mol. The molecule has 1 saturated heterocycles. The Morgan fingerprint density at radius 1 is 1.32 bits per heavy atom. The van der Waals surface area contributed by atoms with Crippen LogP contribution >= 0.6 is 0 Å². The molecule has 138 valence electrons. The van der Waals surface area contributed by atoms with Crippen LogP contribution in [-0.2, 0) is 25.4 Å². The molecular weight excluding hydrogens is 324 g/mol. The predicted octanol–water partition coefficient (Wildman–Crippen LogP) is 2.92. The first-order valence-electron chi connectivity index (χ1n) is 8.27. The number of phenolic OH excluding ortho intramolecular Hbond substituents is 2. The highest BCUT2D eigenvalue weighted by atomic mass is 16.8. The number of allylic oxidation sites excluding steroid dienone is 1. The van der Waals surface area contributed by atoms with E-state index in [0.29, 0.717) is 19.3 Å². The van der Waals surface area contributed by atoms with Crippen LogP contribution in [-0.4, -0.2) is 42.8 Å². The van der Waals surface area contributed by atoms with E-state index in [1.165, 1.54) is 19.2 Å². The Kier molecular flexibility index (Phi) is 6.21. The van der Waals surface area contributed by atoms with Gasteiger partial charge in [-0.25, -0.2) is 0 Å². The zero-order valence-corrected chi connectivity index (χ0v) is 15.1. The number of hydrogen-bond donors (Lipinski definition) is 2. The van der Waals surface area contributed by atoms with E-state index < -0.39 is 18.0 Å². The summed E-state index contributed by atoms with van der Waals surface area (Å²) in [6.45, 7) is 3.75. The van der Waals surface area contributed by atoms with Crippen molar-refractivity contribution in [1.82, 2.24) is 0 Å². The van der Waals surface area contributed by atoms with Crippen molar-refractivity contribution in [3.05, 3.63) is 35.4 Å². The van der Waals surface area contributed by atoms with Gasteiger partial charge in [0.1, 0.15) is 5.78 Å². The second kappa shape index (κ2) is 7.99. The van der Waals surface area contributed by atoms with Gasteiger partial charge in [0.25, 0.3) is 0 Å². The Hall–Kier alpha value is -1.89. The van der Waals surface area contributed by atoms with Crippen LogP contribution in [0.25, 0.3) is 0 Å². The molecule has 3 atom stereocenters. The maximum atomic E-state index is 13.0. The van der Waals surface area contributed by atoms with Gasteiger partial charge in [-0.05, 0) is 43.5 Å². The second-order valence-corrected chi connectivity index (χ2v) is 6.40. The van der Waals surface area contributed by atoms with Crippen LogP contribution in [0.4, 0.5) is 0 Å². The van der Waals surface area contributed by atoms with Crippen LogP contribution in [0.5, 0.6) is 11.5 Å². The number of aromatic hydroxyl groups is 2. The molecule has 1 heterocycles. The minimum atomic E-state index is -0.743. The Labute approximate surface area is 148 Å². The van der Waals surface area contributed by atoms with Crippen molar-refractivity contribution in [2.75, 3.05) is 14.2 Å². The SMILES string of the molecule is C/C=C1\[C@H](OC)O[C@H](OC)C[C@@]1(C)C(=O)CCc1ccc(O)c(O)c1. The summed E-state index contributed by atoms with van der Waals surface area (Å²) < 4.78 is 16.4. The van der Waals surface area contributed by atoms with E-state index in [1.54, 1.807) is 13.2 Å². The highest BCUT2D eigenvalue weighted by Crippen LogP contribution is 2.43. The maximum Gasteiger partial charge on any atom is 0.183 e. The molecule has 0 radical (unpaired) electrons. The number of phenols is 2. The van der Waals surface area contributed by atoms with E-state index in [2.05, 4.69) is 0 Å². The number of aryl methyl sites for hydroxylation is 1. The molecule has 25 heavy (non-hydrogen) atoms. The Morgan fingerprint density at radius 2 is 2.04 bits per heavy atom. The van der Waals surface area contributed by atoms with Gasteiger partial charge < -0.3 is 24.4 Å². The van der Waals surface area contributed by atoms with E-state index in [1.807, 2.05) is 19.9 Å². The van der Waals surface area contributed by atoms with Crippen molar-refractivity contribution < 1.29 is 29.2 Å². The van der Waals surface area contributed by atoms with Crippen molar-refractivity contribution in [2.45, 2.75) is 45.7 Å². The monoisotopic (exact) mass is 350 g/mol. The first-order valence-corrected chi connectivity index (χ1v) is 8.27. The van der Waals surface area contributed by atoms with Crippen LogP contribution < -0.4 is 0 Å². The first kappa shape index (κ1) is 19.4. The molecule has 1 aromatic carbocycles. The molecule has 0 unspecified atom stereocenters. The molecule has 0 amide bonds. The molecule has 0 spiro atoms. The molecule has 1 aliphatic rings. The Morgan fingerprint density at radius 3 is 2.60 bits per heavy atom. The third kappa shape index (κ3) is 4.03. The van der Waals surface area contributed by atoms with Gasteiger partial charge in [0, 0.05) is 27.1 Å². The van der Waals surface area contributed by atoms with Gasteiger partial charge in [-0.15, -0.1) is 0 Å². The number of benzene rings is 1. The number of rotatable bonds is 6. The molecule has 2 rings (SSSR count). The van der Waals surface area contributed by atoms with Crippen molar-refractivity contribution >= 4 is 5.78 Å². The number of carbonyl (C=O) groups is 1. The number of ketones is 1. The van der Waals surface area contributed by atoms with E-state index in [9.17, 15) is 15.0 Å². The van der Waals surface area contributed by atoms with E-state index in [-0.39, 0.29) is 17.3 Å². The molecular formula is C19H26O6. The lowest BCUT2D eigenvalue weighted by atomic mass is 9.71. The lowest BCUT2D eigenvalue weighted by Crippen LogP contribution is -2.47. The minimum absolute atomic E-state index is 0.0561. The molecule has 1 fully saturated rings. The topological polar surface area (TPSA) is 85.2 Å². The Balaban J connectivity index is 2.17. The Bertz CT molecular complexity index is 653. The van der Waals surface area contributed by atoms with Crippen molar-refractivity contribution in [3.63, 3.8) is 0 Å². The van der Waals surface area contributed by atoms with Crippen molar-refractivity contribution in [2.24, 2.45) is 5.41 Å². The van der Waals surface area contributed by atoms with Gasteiger partial charge in [-0.1, -0.05) is 12.1 Å². The second-order valence-electron chi connectivity index (χ2n) is 6.40. The first-order chi connectivity index (χ1) is 11.8. The normalized spacial score (nSPS) is 28.2. The third-order valence-electron chi connectivity index (χ3n) is 4.83. The number of hydrogen-bond acceptors (Lipinski definition) is 6. The van der Waals surface area contributed by atoms with Crippen LogP contribution in [0.2, 0.25) is 0 Å². The van der Waals surface area contributed by atoms with Crippen LogP contribution in [0.15, 0.2) is 29.8 Å². The standard InChI is InChI=1S/C19H26O6/c1-5-13-18(24-4)25-17(23-3)11-19(13,2)16(22)9-7-12-6-8-14(20)15(21)10-12/h5-6,8,10,17-18,20-21H,7,9,11H2,1-4H3/b13-5+/t17-,18+,19+/m0/s1. The van der Waals surface area contributed by atoms with Gasteiger partial charge in [-0.2, -0.15) is 0 Å². The fraction of sp³-hybridized carbons (Fsp3) is 0.526. The number of carbonyl (C=O) groups excluding carboxylic acids is 1. The number of methoxy groups -OCH3 is 2. The van der Waals surface area contributed by atoms with E-state index in [0.717, 1.165) is 11.1 Å². The van der Waals surface area contributed by atoms with Crippen molar-refractivity contribution in [1.29, 1.82) is 0 Å². The maximum absolute atomic E-state index is 13.0.